The summed E-state index contributed by atoms with van der Waals surface area (Å²) in [5.41, 5.74) is 2.57. The van der Waals surface area contributed by atoms with Crippen molar-refractivity contribution in [3.63, 3.8) is 0 Å². The number of hydrogen-bond acceptors (Lipinski definition) is 4. The summed E-state index contributed by atoms with van der Waals surface area (Å²) in [6, 6.07) is 20.7. The monoisotopic (exact) mass is 408 g/mol. The third-order valence-electron chi connectivity index (χ3n) is 4.72. The van der Waals surface area contributed by atoms with E-state index in [0.29, 0.717) is 17.1 Å². The van der Waals surface area contributed by atoms with Crippen molar-refractivity contribution in [2.75, 3.05) is 10.0 Å². The molecule has 3 aromatic carbocycles. The second-order valence-electron chi connectivity index (χ2n) is 6.71. The Bertz CT molecular complexity index is 1140. The first-order valence-electron chi connectivity index (χ1n) is 9.24. The number of sulfonamides is 1. The van der Waals surface area contributed by atoms with E-state index in [4.69, 9.17) is 4.74 Å². The maximum Gasteiger partial charge on any atom is 0.270 e. The molecule has 0 aromatic heterocycles. The highest BCUT2D eigenvalue weighted by atomic mass is 32.2. The van der Waals surface area contributed by atoms with Crippen molar-refractivity contribution in [2.45, 2.75) is 24.3 Å². The lowest BCUT2D eigenvalue weighted by atomic mass is 10.1. The van der Waals surface area contributed by atoms with Crippen LogP contribution in [-0.4, -0.2) is 14.3 Å². The van der Waals surface area contributed by atoms with Gasteiger partial charge in [-0.05, 0) is 42.3 Å². The number of hydrogen-bond donors (Lipinski definition) is 2. The number of benzene rings is 3. The Labute approximate surface area is 169 Å². The number of amides is 1. The van der Waals surface area contributed by atoms with Crippen LogP contribution in [0.2, 0.25) is 0 Å². The van der Waals surface area contributed by atoms with E-state index in [0.717, 1.165) is 17.5 Å². The summed E-state index contributed by atoms with van der Waals surface area (Å²) in [4.78, 5) is 12.6. The third kappa shape index (κ3) is 3.95. The molecule has 0 spiro atoms. The molecule has 148 valence electrons. The molecule has 0 bridgehead atoms. The molecule has 29 heavy (non-hydrogen) atoms. The number of nitrogens with one attached hydrogen (secondary N) is 2. The van der Waals surface area contributed by atoms with Crippen LogP contribution in [0.3, 0.4) is 0 Å². The normalized spacial score (nSPS) is 15.8. The van der Waals surface area contributed by atoms with Crippen LogP contribution in [0.25, 0.3) is 0 Å². The van der Waals surface area contributed by atoms with Gasteiger partial charge in [0.15, 0.2) is 0 Å². The molecular weight excluding hydrogens is 388 g/mol. The van der Waals surface area contributed by atoms with Gasteiger partial charge in [0.05, 0.1) is 16.3 Å². The predicted molar refractivity (Wildman–Crippen MR) is 112 cm³/mol. The number of carbonyl (C=O) groups is 1. The second kappa shape index (κ2) is 7.60. The van der Waals surface area contributed by atoms with E-state index < -0.39 is 16.1 Å². The zero-order chi connectivity index (χ0) is 20.4. The zero-order valence-corrected chi connectivity index (χ0v) is 16.6. The fourth-order valence-corrected chi connectivity index (χ4v) is 4.19. The van der Waals surface area contributed by atoms with Gasteiger partial charge in [-0.25, -0.2) is 8.42 Å². The van der Waals surface area contributed by atoms with Crippen molar-refractivity contribution in [1.29, 1.82) is 0 Å². The average molecular weight is 408 g/mol. The van der Waals surface area contributed by atoms with Crippen molar-refractivity contribution in [3.8, 4) is 5.75 Å². The first kappa shape index (κ1) is 19.0. The van der Waals surface area contributed by atoms with Crippen LogP contribution < -0.4 is 14.8 Å². The summed E-state index contributed by atoms with van der Waals surface area (Å²) in [5, 5.41) is 2.79. The summed E-state index contributed by atoms with van der Waals surface area (Å²) in [7, 11) is -3.74. The molecule has 1 unspecified atom stereocenters. The Morgan fingerprint density at radius 2 is 1.72 bits per heavy atom. The van der Waals surface area contributed by atoms with Gasteiger partial charge in [0, 0.05) is 5.56 Å². The smallest absolute Gasteiger partial charge is 0.270 e. The van der Waals surface area contributed by atoms with Gasteiger partial charge in [-0.15, -0.1) is 0 Å². The summed E-state index contributed by atoms with van der Waals surface area (Å²) in [6.07, 6.45) is 0.0886. The highest BCUT2D eigenvalue weighted by Gasteiger charge is 2.29. The standard InChI is InChI=1S/C22H20N2O4S/c1-2-15-8-11-18(12-9-15)29(26,27)24-17-10-13-20-19(14-17)23-22(25)21(28-20)16-6-4-3-5-7-16/h3-14,21,24H,2H2,1H3,(H,23,25). The van der Waals surface area contributed by atoms with Gasteiger partial charge in [0.1, 0.15) is 5.75 Å². The van der Waals surface area contributed by atoms with E-state index in [9.17, 15) is 13.2 Å². The van der Waals surface area contributed by atoms with Gasteiger partial charge in [0.25, 0.3) is 15.9 Å². The minimum atomic E-state index is -3.74. The molecular formula is C22H20N2O4S. The Morgan fingerprint density at radius 1 is 1.00 bits per heavy atom. The lowest BCUT2D eigenvalue weighted by Crippen LogP contribution is -2.30. The summed E-state index contributed by atoms with van der Waals surface area (Å²) in [5.74, 6) is 0.174. The first-order valence-corrected chi connectivity index (χ1v) is 10.7. The van der Waals surface area contributed by atoms with Crippen molar-refractivity contribution >= 4 is 27.3 Å². The molecule has 0 saturated heterocycles. The van der Waals surface area contributed by atoms with Crippen LogP contribution in [0.15, 0.2) is 77.7 Å². The molecule has 0 fully saturated rings. The van der Waals surface area contributed by atoms with Crippen LogP contribution in [0.5, 0.6) is 5.75 Å². The molecule has 3 aromatic rings. The van der Waals surface area contributed by atoms with Gasteiger partial charge in [-0.3, -0.25) is 9.52 Å². The lowest BCUT2D eigenvalue weighted by Gasteiger charge is -2.26. The van der Waals surface area contributed by atoms with E-state index in [1.807, 2.05) is 37.3 Å². The average Bonchev–Trinajstić information content (AvgIpc) is 2.73. The fourth-order valence-electron chi connectivity index (χ4n) is 3.14. The summed E-state index contributed by atoms with van der Waals surface area (Å²) >= 11 is 0. The number of rotatable bonds is 5. The Kier molecular flexibility index (Phi) is 4.98. The Morgan fingerprint density at radius 3 is 2.41 bits per heavy atom. The van der Waals surface area contributed by atoms with Gasteiger partial charge in [-0.1, -0.05) is 49.4 Å². The molecule has 0 saturated carbocycles. The third-order valence-corrected chi connectivity index (χ3v) is 6.11. The zero-order valence-electron chi connectivity index (χ0n) is 15.8. The summed E-state index contributed by atoms with van der Waals surface area (Å²) < 4.78 is 33.7. The molecule has 1 amide bonds. The van der Waals surface area contributed by atoms with Crippen molar-refractivity contribution in [1.82, 2.24) is 0 Å². The first-order chi connectivity index (χ1) is 14.0. The van der Waals surface area contributed by atoms with Gasteiger partial charge >= 0.3 is 0 Å². The minimum absolute atomic E-state index is 0.178. The largest absolute Gasteiger partial charge is 0.474 e. The molecule has 4 rings (SSSR count). The quantitative estimate of drug-likeness (QED) is 0.665. The van der Waals surface area contributed by atoms with E-state index in [2.05, 4.69) is 10.0 Å². The molecule has 0 aliphatic carbocycles. The maximum atomic E-state index is 12.6. The van der Waals surface area contributed by atoms with Crippen molar-refractivity contribution in [3.05, 3.63) is 83.9 Å². The molecule has 1 heterocycles. The highest BCUT2D eigenvalue weighted by molar-refractivity contribution is 7.92. The number of carbonyl (C=O) groups excluding carboxylic acids is 1. The van der Waals surface area contributed by atoms with Gasteiger partial charge < -0.3 is 10.1 Å². The van der Waals surface area contributed by atoms with Gasteiger partial charge in [-0.2, -0.15) is 0 Å². The van der Waals surface area contributed by atoms with Crippen LogP contribution in [0.1, 0.15) is 24.2 Å². The SMILES string of the molecule is CCc1ccc(S(=O)(=O)Nc2ccc3c(c2)NC(=O)C(c2ccccc2)O3)cc1. The number of aryl methyl sites for hydroxylation is 1. The molecule has 0 radical (unpaired) electrons. The minimum Gasteiger partial charge on any atom is -0.474 e. The molecule has 1 atom stereocenters. The molecule has 1 aliphatic rings. The van der Waals surface area contributed by atoms with E-state index in [1.54, 1.807) is 42.5 Å². The topological polar surface area (TPSA) is 84.5 Å². The second-order valence-corrected chi connectivity index (χ2v) is 8.39. The van der Waals surface area contributed by atoms with E-state index >= 15 is 0 Å². The van der Waals surface area contributed by atoms with E-state index in [-0.39, 0.29) is 10.8 Å². The molecule has 7 heteroatoms. The van der Waals surface area contributed by atoms with E-state index in [1.165, 1.54) is 0 Å². The van der Waals surface area contributed by atoms with Crippen molar-refractivity contribution < 1.29 is 17.9 Å². The Balaban J connectivity index is 1.56. The Hall–Kier alpha value is -3.32. The number of anilines is 2. The lowest BCUT2D eigenvalue weighted by molar-refractivity contribution is -0.123. The number of fused-ring (bicyclic) bond motifs is 1. The molecule has 2 N–H and O–H groups in total. The van der Waals surface area contributed by atoms with Crippen molar-refractivity contribution in [2.24, 2.45) is 0 Å². The van der Waals surface area contributed by atoms with Crippen LogP contribution in [0, 0.1) is 0 Å². The summed E-state index contributed by atoms with van der Waals surface area (Å²) in [6.45, 7) is 2.01. The van der Waals surface area contributed by atoms with Crippen LogP contribution in [0.4, 0.5) is 11.4 Å². The number of ether oxygens (including phenoxy) is 1. The van der Waals surface area contributed by atoms with Gasteiger partial charge in [0.2, 0.25) is 6.10 Å². The maximum absolute atomic E-state index is 12.6. The van der Waals surface area contributed by atoms with Crippen LogP contribution in [-0.2, 0) is 21.2 Å². The highest BCUT2D eigenvalue weighted by Crippen LogP contribution is 2.37. The predicted octanol–water partition coefficient (Wildman–Crippen LogP) is 4.12. The molecule has 1 aliphatic heterocycles. The fraction of sp³-hybridized carbons (Fsp3) is 0.136. The molecule has 6 nitrogen and oxygen atoms in total. The van der Waals surface area contributed by atoms with Crippen LogP contribution >= 0.6 is 0 Å².